The van der Waals surface area contributed by atoms with Crippen molar-refractivity contribution in [2.24, 2.45) is 5.73 Å². The van der Waals surface area contributed by atoms with Crippen LogP contribution in [0.25, 0.3) is 0 Å². The molecule has 0 unspecified atom stereocenters. The molecular formula is C10H11F4N. The second kappa shape index (κ2) is 4.61. The number of aryl methyl sites for hydroxylation is 1. The lowest BCUT2D eigenvalue weighted by atomic mass is 10.1. The second-order valence-electron chi connectivity index (χ2n) is 3.20. The molecule has 15 heavy (non-hydrogen) atoms. The first kappa shape index (κ1) is 12.0. The normalized spacial score (nSPS) is 11.8. The molecule has 0 spiro atoms. The largest absolute Gasteiger partial charge is 0.419 e. The molecular weight excluding hydrogens is 210 g/mol. The van der Waals surface area contributed by atoms with Crippen molar-refractivity contribution in [2.75, 3.05) is 6.54 Å². The Bertz CT molecular complexity index is 333. The summed E-state index contributed by atoms with van der Waals surface area (Å²) >= 11 is 0. The van der Waals surface area contributed by atoms with Gasteiger partial charge in [0, 0.05) is 0 Å². The summed E-state index contributed by atoms with van der Waals surface area (Å²) in [6, 6.07) is 2.96. The highest BCUT2D eigenvalue weighted by Crippen LogP contribution is 2.31. The van der Waals surface area contributed by atoms with Crippen LogP contribution in [0, 0.1) is 5.82 Å². The van der Waals surface area contributed by atoms with Crippen LogP contribution in [-0.4, -0.2) is 6.54 Å². The van der Waals surface area contributed by atoms with E-state index in [-0.39, 0.29) is 0 Å². The van der Waals surface area contributed by atoms with Crippen LogP contribution >= 0.6 is 0 Å². The van der Waals surface area contributed by atoms with Gasteiger partial charge < -0.3 is 5.73 Å². The molecule has 0 aliphatic carbocycles. The molecule has 0 saturated carbocycles. The summed E-state index contributed by atoms with van der Waals surface area (Å²) in [6.45, 7) is 0.433. The SMILES string of the molecule is NCCCc1ccc(C(F)(F)F)c(F)c1. The molecule has 0 radical (unpaired) electrons. The Labute approximate surface area is 84.9 Å². The zero-order chi connectivity index (χ0) is 11.5. The minimum absolute atomic E-state index is 0.433. The van der Waals surface area contributed by atoms with Crippen molar-refractivity contribution in [1.29, 1.82) is 0 Å². The first-order chi connectivity index (χ1) is 6.95. The fourth-order valence-electron chi connectivity index (χ4n) is 1.25. The lowest BCUT2D eigenvalue weighted by Gasteiger charge is -2.09. The molecule has 0 fully saturated rings. The number of halogens is 4. The van der Waals surface area contributed by atoms with Crippen molar-refractivity contribution in [2.45, 2.75) is 19.0 Å². The van der Waals surface area contributed by atoms with E-state index >= 15 is 0 Å². The highest BCUT2D eigenvalue weighted by Gasteiger charge is 2.33. The Hall–Kier alpha value is -1.10. The van der Waals surface area contributed by atoms with Gasteiger partial charge in [-0.2, -0.15) is 13.2 Å². The van der Waals surface area contributed by atoms with E-state index in [4.69, 9.17) is 5.73 Å². The van der Waals surface area contributed by atoms with Crippen LogP contribution in [0.1, 0.15) is 17.5 Å². The summed E-state index contributed by atoms with van der Waals surface area (Å²) in [6.07, 6.45) is -3.51. The summed E-state index contributed by atoms with van der Waals surface area (Å²) < 4.78 is 49.5. The minimum Gasteiger partial charge on any atom is -0.330 e. The smallest absolute Gasteiger partial charge is 0.330 e. The van der Waals surface area contributed by atoms with Gasteiger partial charge in [-0.3, -0.25) is 0 Å². The van der Waals surface area contributed by atoms with Gasteiger partial charge in [0.25, 0.3) is 0 Å². The molecule has 5 heteroatoms. The van der Waals surface area contributed by atoms with Crippen molar-refractivity contribution in [3.05, 3.63) is 35.1 Å². The number of rotatable bonds is 3. The number of hydrogen-bond donors (Lipinski definition) is 1. The van der Waals surface area contributed by atoms with Crippen molar-refractivity contribution in [3.8, 4) is 0 Å². The van der Waals surface area contributed by atoms with Crippen LogP contribution in [-0.2, 0) is 12.6 Å². The summed E-state index contributed by atoms with van der Waals surface area (Å²) in [5.41, 5.74) is 4.55. The average Bonchev–Trinajstić information content (AvgIpc) is 2.12. The molecule has 0 atom stereocenters. The number of alkyl halides is 3. The zero-order valence-electron chi connectivity index (χ0n) is 7.94. The first-order valence-corrected chi connectivity index (χ1v) is 4.51. The highest BCUT2D eigenvalue weighted by molar-refractivity contribution is 5.26. The summed E-state index contributed by atoms with van der Waals surface area (Å²) in [7, 11) is 0. The molecule has 2 N–H and O–H groups in total. The van der Waals surface area contributed by atoms with E-state index in [1.165, 1.54) is 6.07 Å². The van der Waals surface area contributed by atoms with Crippen LogP contribution in [0.15, 0.2) is 18.2 Å². The number of hydrogen-bond acceptors (Lipinski definition) is 1. The molecule has 84 valence electrons. The van der Waals surface area contributed by atoms with Crippen molar-refractivity contribution >= 4 is 0 Å². The molecule has 1 rings (SSSR count). The maximum absolute atomic E-state index is 13.0. The maximum Gasteiger partial charge on any atom is 0.419 e. The standard InChI is InChI=1S/C10H11F4N/c11-9-6-7(2-1-5-15)3-4-8(9)10(12,13)14/h3-4,6H,1-2,5,15H2. The van der Waals surface area contributed by atoms with Gasteiger partial charge in [0.05, 0.1) is 5.56 Å². The van der Waals surface area contributed by atoms with E-state index in [0.717, 1.165) is 12.1 Å². The molecule has 1 nitrogen and oxygen atoms in total. The van der Waals surface area contributed by atoms with Crippen LogP contribution in [0.5, 0.6) is 0 Å². The van der Waals surface area contributed by atoms with Gasteiger partial charge in [-0.1, -0.05) is 6.07 Å². The molecule has 0 aliphatic heterocycles. The average molecular weight is 221 g/mol. The third-order valence-corrected chi connectivity index (χ3v) is 2.01. The third kappa shape index (κ3) is 3.20. The van der Waals surface area contributed by atoms with Gasteiger partial charge in [-0.25, -0.2) is 4.39 Å². The predicted molar refractivity (Wildman–Crippen MR) is 48.8 cm³/mol. The number of nitrogens with two attached hydrogens (primary N) is 1. The molecule has 0 amide bonds. The Kier molecular flexibility index (Phi) is 3.68. The monoisotopic (exact) mass is 221 g/mol. The van der Waals surface area contributed by atoms with Gasteiger partial charge in [-0.05, 0) is 37.1 Å². The van der Waals surface area contributed by atoms with E-state index in [0.29, 0.717) is 24.9 Å². The number of benzene rings is 1. The summed E-state index contributed by atoms with van der Waals surface area (Å²) in [5.74, 6) is -1.22. The predicted octanol–water partition coefficient (Wildman–Crippen LogP) is 2.74. The second-order valence-corrected chi connectivity index (χ2v) is 3.20. The lowest BCUT2D eigenvalue weighted by molar-refractivity contribution is -0.140. The van der Waals surface area contributed by atoms with Crippen LogP contribution in [0.3, 0.4) is 0 Å². The molecule has 1 aromatic rings. The van der Waals surface area contributed by atoms with Crippen LogP contribution in [0.4, 0.5) is 17.6 Å². The fourth-order valence-corrected chi connectivity index (χ4v) is 1.25. The summed E-state index contributed by atoms with van der Waals surface area (Å²) in [5, 5.41) is 0. The van der Waals surface area contributed by atoms with E-state index in [9.17, 15) is 17.6 Å². The zero-order valence-corrected chi connectivity index (χ0v) is 7.94. The van der Waals surface area contributed by atoms with Crippen LogP contribution in [0.2, 0.25) is 0 Å². The van der Waals surface area contributed by atoms with Gasteiger partial charge in [0.1, 0.15) is 5.82 Å². The molecule has 0 bridgehead atoms. The van der Waals surface area contributed by atoms with Gasteiger partial charge in [0.15, 0.2) is 0 Å². The van der Waals surface area contributed by atoms with E-state index in [1.807, 2.05) is 0 Å². The molecule has 1 aromatic carbocycles. The molecule has 0 heterocycles. The third-order valence-electron chi connectivity index (χ3n) is 2.01. The summed E-state index contributed by atoms with van der Waals surface area (Å²) in [4.78, 5) is 0. The minimum atomic E-state index is -4.63. The molecule has 0 aromatic heterocycles. The lowest BCUT2D eigenvalue weighted by Crippen LogP contribution is -2.08. The maximum atomic E-state index is 13.0. The van der Waals surface area contributed by atoms with Crippen molar-refractivity contribution in [1.82, 2.24) is 0 Å². The van der Waals surface area contributed by atoms with E-state index < -0.39 is 17.6 Å². The van der Waals surface area contributed by atoms with Gasteiger partial charge in [-0.15, -0.1) is 0 Å². The Balaban J connectivity index is 2.89. The van der Waals surface area contributed by atoms with E-state index in [2.05, 4.69) is 0 Å². The highest BCUT2D eigenvalue weighted by atomic mass is 19.4. The molecule has 0 saturated heterocycles. The topological polar surface area (TPSA) is 26.0 Å². The fraction of sp³-hybridized carbons (Fsp3) is 0.400. The first-order valence-electron chi connectivity index (χ1n) is 4.51. The van der Waals surface area contributed by atoms with Gasteiger partial charge in [0.2, 0.25) is 0 Å². The molecule has 0 aliphatic rings. The Morgan fingerprint density at radius 2 is 1.87 bits per heavy atom. The van der Waals surface area contributed by atoms with Crippen molar-refractivity contribution < 1.29 is 17.6 Å². The van der Waals surface area contributed by atoms with Crippen molar-refractivity contribution in [3.63, 3.8) is 0 Å². The van der Waals surface area contributed by atoms with Gasteiger partial charge >= 0.3 is 6.18 Å². The Morgan fingerprint density at radius 1 is 1.20 bits per heavy atom. The quantitative estimate of drug-likeness (QED) is 0.780. The van der Waals surface area contributed by atoms with Crippen LogP contribution < -0.4 is 5.73 Å². The van der Waals surface area contributed by atoms with E-state index in [1.54, 1.807) is 0 Å². The Morgan fingerprint density at radius 3 is 2.33 bits per heavy atom.